The number of aliphatic hydroxyl groups is 1. The average molecular weight is 295 g/mol. The lowest BCUT2D eigenvalue weighted by atomic mass is 9.75. The van der Waals surface area contributed by atoms with Crippen molar-refractivity contribution >= 4 is 0 Å². The molecule has 116 valence electrons. The van der Waals surface area contributed by atoms with Gasteiger partial charge in [0.05, 0.1) is 5.54 Å². The average Bonchev–Trinajstić information content (AvgIpc) is 2.61. The number of hydrogen-bond donors (Lipinski definition) is 1. The van der Waals surface area contributed by atoms with Gasteiger partial charge < -0.3 is 5.11 Å². The summed E-state index contributed by atoms with van der Waals surface area (Å²) < 4.78 is 0. The Morgan fingerprint density at radius 1 is 0.864 bits per heavy atom. The Bertz CT molecular complexity index is 527. The van der Waals surface area contributed by atoms with Crippen molar-refractivity contribution in [2.75, 3.05) is 19.7 Å². The molecule has 0 atom stereocenters. The monoisotopic (exact) mass is 295 g/mol. The van der Waals surface area contributed by atoms with Crippen LogP contribution in [-0.4, -0.2) is 29.7 Å². The van der Waals surface area contributed by atoms with Crippen LogP contribution >= 0.6 is 0 Å². The zero-order valence-electron chi connectivity index (χ0n) is 13.1. The molecule has 1 N–H and O–H groups in total. The predicted octanol–water partition coefficient (Wildman–Crippen LogP) is 3.80. The van der Waals surface area contributed by atoms with Gasteiger partial charge in [-0.3, -0.25) is 4.90 Å². The van der Waals surface area contributed by atoms with E-state index in [9.17, 15) is 5.11 Å². The summed E-state index contributed by atoms with van der Waals surface area (Å²) in [4.78, 5) is 2.58. The molecule has 2 aromatic carbocycles. The van der Waals surface area contributed by atoms with Gasteiger partial charge >= 0.3 is 0 Å². The predicted molar refractivity (Wildman–Crippen MR) is 90.8 cm³/mol. The molecule has 0 unspecified atom stereocenters. The number of rotatable bonds is 5. The summed E-state index contributed by atoms with van der Waals surface area (Å²) in [6.07, 6.45) is 4.47. The molecular formula is C20H25NO. The van der Waals surface area contributed by atoms with Crippen LogP contribution in [-0.2, 0) is 5.54 Å². The summed E-state index contributed by atoms with van der Waals surface area (Å²) in [5.41, 5.74) is 2.70. The highest BCUT2D eigenvalue weighted by Crippen LogP contribution is 2.43. The third-order valence-corrected chi connectivity index (χ3v) is 4.85. The molecule has 0 aliphatic carbocycles. The third-order valence-electron chi connectivity index (χ3n) is 4.85. The summed E-state index contributed by atoms with van der Waals surface area (Å²) in [7, 11) is 0. The van der Waals surface area contributed by atoms with E-state index in [1.54, 1.807) is 0 Å². The van der Waals surface area contributed by atoms with Crippen molar-refractivity contribution in [2.45, 2.75) is 31.2 Å². The molecule has 1 heterocycles. The Morgan fingerprint density at radius 3 is 2.00 bits per heavy atom. The van der Waals surface area contributed by atoms with E-state index in [0.717, 1.165) is 25.9 Å². The minimum Gasteiger partial charge on any atom is -0.396 e. The smallest absolute Gasteiger partial charge is 0.0715 e. The van der Waals surface area contributed by atoms with Crippen molar-refractivity contribution in [2.24, 2.45) is 0 Å². The van der Waals surface area contributed by atoms with Crippen molar-refractivity contribution in [3.8, 4) is 0 Å². The highest BCUT2D eigenvalue weighted by atomic mass is 16.3. The van der Waals surface area contributed by atoms with Crippen LogP contribution in [0.25, 0.3) is 0 Å². The van der Waals surface area contributed by atoms with E-state index in [1.165, 1.54) is 24.0 Å². The Balaban J connectivity index is 2.09. The van der Waals surface area contributed by atoms with Crippen molar-refractivity contribution in [1.29, 1.82) is 0 Å². The van der Waals surface area contributed by atoms with Gasteiger partial charge in [-0.2, -0.15) is 0 Å². The van der Waals surface area contributed by atoms with Gasteiger partial charge in [0.15, 0.2) is 0 Å². The highest BCUT2D eigenvalue weighted by molar-refractivity contribution is 5.39. The molecule has 1 aliphatic rings. The van der Waals surface area contributed by atoms with Gasteiger partial charge in [-0.05, 0) is 43.4 Å². The van der Waals surface area contributed by atoms with Gasteiger partial charge in [0.1, 0.15) is 0 Å². The molecule has 1 fully saturated rings. The van der Waals surface area contributed by atoms with Gasteiger partial charge in [0.25, 0.3) is 0 Å². The van der Waals surface area contributed by atoms with Crippen molar-refractivity contribution in [3.63, 3.8) is 0 Å². The molecule has 0 amide bonds. The van der Waals surface area contributed by atoms with Crippen molar-refractivity contribution in [3.05, 3.63) is 71.8 Å². The second-order valence-corrected chi connectivity index (χ2v) is 6.11. The van der Waals surface area contributed by atoms with Crippen molar-refractivity contribution < 1.29 is 5.11 Å². The van der Waals surface area contributed by atoms with Crippen LogP contribution in [0.15, 0.2) is 60.7 Å². The third kappa shape index (κ3) is 2.81. The molecule has 0 bridgehead atoms. The van der Waals surface area contributed by atoms with Gasteiger partial charge in [0, 0.05) is 13.2 Å². The first kappa shape index (κ1) is 15.3. The lowest BCUT2D eigenvalue weighted by Crippen LogP contribution is -2.50. The van der Waals surface area contributed by atoms with E-state index >= 15 is 0 Å². The maximum Gasteiger partial charge on any atom is 0.0715 e. The molecule has 0 aromatic heterocycles. The summed E-state index contributed by atoms with van der Waals surface area (Å²) in [6, 6.07) is 21.7. The van der Waals surface area contributed by atoms with Crippen LogP contribution in [0.2, 0.25) is 0 Å². The number of piperidine rings is 1. The van der Waals surface area contributed by atoms with Crippen molar-refractivity contribution in [1.82, 2.24) is 4.90 Å². The Kier molecular flexibility index (Phi) is 4.91. The molecule has 22 heavy (non-hydrogen) atoms. The van der Waals surface area contributed by atoms with Crippen LogP contribution in [0.3, 0.4) is 0 Å². The highest BCUT2D eigenvalue weighted by Gasteiger charge is 2.41. The van der Waals surface area contributed by atoms with Crippen LogP contribution in [0.4, 0.5) is 0 Å². The number of aliphatic hydroxyl groups excluding tert-OH is 1. The molecule has 0 saturated carbocycles. The van der Waals surface area contributed by atoms with E-state index in [4.69, 9.17) is 0 Å². The largest absolute Gasteiger partial charge is 0.396 e. The number of likely N-dealkylation sites (tertiary alicyclic amines) is 1. The van der Waals surface area contributed by atoms with Gasteiger partial charge in [0.2, 0.25) is 0 Å². The maximum absolute atomic E-state index is 9.28. The first-order valence-electron chi connectivity index (χ1n) is 8.35. The summed E-state index contributed by atoms with van der Waals surface area (Å²) in [6.45, 7) is 2.31. The fraction of sp³-hybridized carbons (Fsp3) is 0.400. The lowest BCUT2D eigenvalue weighted by Gasteiger charge is -2.48. The zero-order chi connectivity index (χ0) is 15.3. The molecule has 0 radical (unpaired) electrons. The second kappa shape index (κ2) is 7.08. The van der Waals surface area contributed by atoms with Gasteiger partial charge in [-0.1, -0.05) is 60.7 Å². The molecule has 3 rings (SSSR count). The molecule has 1 saturated heterocycles. The second-order valence-electron chi connectivity index (χ2n) is 6.11. The summed E-state index contributed by atoms with van der Waals surface area (Å²) >= 11 is 0. The Labute approximate surface area is 133 Å². The number of hydrogen-bond acceptors (Lipinski definition) is 2. The quantitative estimate of drug-likeness (QED) is 0.907. The van der Waals surface area contributed by atoms with Crippen LogP contribution in [0.5, 0.6) is 0 Å². The van der Waals surface area contributed by atoms with E-state index < -0.39 is 0 Å². The van der Waals surface area contributed by atoms with Crippen LogP contribution in [0, 0.1) is 0 Å². The molecule has 1 aliphatic heterocycles. The SMILES string of the molecule is OCCCN1CCCCC1(c1ccccc1)c1ccccc1. The lowest BCUT2D eigenvalue weighted by molar-refractivity contribution is 0.0701. The molecule has 0 spiro atoms. The fourth-order valence-corrected chi connectivity index (χ4v) is 3.84. The molecule has 2 heteroatoms. The van der Waals surface area contributed by atoms with Crippen LogP contribution in [0.1, 0.15) is 36.8 Å². The Morgan fingerprint density at radius 2 is 1.45 bits per heavy atom. The summed E-state index contributed by atoms with van der Waals surface area (Å²) in [5, 5.41) is 9.28. The topological polar surface area (TPSA) is 23.5 Å². The standard InChI is InChI=1S/C20H25NO/c22-17-9-16-21-15-8-7-14-20(21,18-10-3-1-4-11-18)19-12-5-2-6-13-19/h1-6,10-13,22H,7-9,14-17H2. The zero-order valence-corrected chi connectivity index (χ0v) is 13.1. The van der Waals surface area contributed by atoms with E-state index in [1.807, 2.05) is 0 Å². The molecular weight excluding hydrogens is 270 g/mol. The normalized spacial score (nSPS) is 18.2. The Hall–Kier alpha value is -1.64. The fourth-order valence-electron chi connectivity index (χ4n) is 3.84. The maximum atomic E-state index is 9.28. The van der Waals surface area contributed by atoms with E-state index in [0.29, 0.717) is 0 Å². The minimum absolute atomic E-state index is 0.0457. The van der Waals surface area contributed by atoms with Crippen LogP contribution < -0.4 is 0 Å². The van der Waals surface area contributed by atoms with E-state index in [-0.39, 0.29) is 12.1 Å². The first-order valence-corrected chi connectivity index (χ1v) is 8.35. The van der Waals surface area contributed by atoms with Gasteiger partial charge in [-0.15, -0.1) is 0 Å². The molecule has 2 nitrogen and oxygen atoms in total. The van der Waals surface area contributed by atoms with Gasteiger partial charge in [-0.25, -0.2) is 0 Å². The minimum atomic E-state index is -0.0457. The van der Waals surface area contributed by atoms with E-state index in [2.05, 4.69) is 65.6 Å². The number of benzene rings is 2. The first-order chi connectivity index (χ1) is 10.9. The molecule has 2 aromatic rings. The number of nitrogens with zero attached hydrogens (tertiary/aromatic N) is 1. The summed E-state index contributed by atoms with van der Waals surface area (Å²) in [5.74, 6) is 0.